The van der Waals surface area contributed by atoms with Crippen molar-refractivity contribution in [3.63, 3.8) is 0 Å². The maximum atomic E-state index is 12.5. The lowest BCUT2D eigenvalue weighted by Gasteiger charge is -2.31. The standard InChI is InChI=1S/C21H24N2O3/c1-15-7-3-4-9-17(15)12-22-20(24)14-23-13-18-10-6-5-8-16(18)11-19(23)21(25)26-2/h3-10,19H,11-14H2,1-2H3,(H,22,24)/p+1/t19-/m1/s1. The van der Waals surface area contributed by atoms with Gasteiger partial charge in [0.05, 0.1) is 7.11 Å². The highest BCUT2D eigenvalue weighted by Crippen LogP contribution is 2.14. The molecule has 0 fully saturated rings. The van der Waals surface area contributed by atoms with Crippen LogP contribution in [0, 0.1) is 6.92 Å². The summed E-state index contributed by atoms with van der Waals surface area (Å²) in [5.41, 5.74) is 4.60. The van der Waals surface area contributed by atoms with Crippen molar-refractivity contribution in [1.29, 1.82) is 0 Å². The molecule has 2 aromatic rings. The van der Waals surface area contributed by atoms with Gasteiger partial charge in [0.2, 0.25) is 0 Å². The number of esters is 1. The van der Waals surface area contributed by atoms with E-state index in [1.54, 1.807) is 0 Å². The predicted octanol–water partition coefficient (Wildman–Crippen LogP) is 0.794. The third-order valence-electron chi connectivity index (χ3n) is 5.06. The monoisotopic (exact) mass is 353 g/mol. The molecule has 0 saturated carbocycles. The van der Waals surface area contributed by atoms with Crippen molar-refractivity contribution in [1.82, 2.24) is 5.32 Å². The van der Waals surface area contributed by atoms with Gasteiger partial charge in [0.15, 0.2) is 12.6 Å². The first-order valence-electron chi connectivity index (χ1n) is 8.89. The van der Waals surface area contributed by atoms with Crippen LogP contribution in [0.4, 0.5) is 0 Å². The quantitative estimate of drug-likeness (QED) is 0.782. The number of fused-ring (bicyclic) bond motifs is 1. The second-order valence-electron chi connectivity index (χ2n) is 6.76. The van der Waals surface area contributed by atoms with E-state index in [0.717, 1.165) is 21.6 Å². The van der Waals surface area contributed by atoms with Crippen LogP contribution >= 0.6 is 0 Å². The van der Waals surface area contributed by atoms with E-state index < -0.39 is 0 Å². The molecule has 1 amide bonds. The number of quaternary nitrogens is 1. The SMILES string of the molecule is COC(=O)[C@H]1Cc2ccccc2C[NH+]1CC(=O)NCc1ccccc1C. The van der Waals surface area contributed by atoms with Crippen molar-refractivity contribution in [3.05, 3.63) is 70.8 Å². The number of hydrogen-bond acceptors (Lipinski definition) is 3. The van der Waals surface area contributed by atoms with Crippen LogP contribution in [0.25, 0.3) is 0 Å². The second-order valence-corrected chi connectivity index (χ2v) is 6.76. The van der Waals surface area contributed by atoms with Crippen LogP contribution in [0.2, 0.25) is 0 Å². The van der Waals surface area contributed by atoms with E-state index in [1.807, 2.05) is 49.4 Å². The second kappa shape index (κ2) is 8.15. The minimum atomic E-state index is -0.348. The molecule has 2 aromatic carbocycles. The normalized spacial score (nSPS) is 18.7. The number of amides is 1. The molecule has 136 valence electrons. The van der Waals surface area contributed by atoms with Crippen LogP contribution in [0.3, 0.4) is 0 Å². The molecule has 0 saturated heterocycles. The van der Waals surface area contributed by atoms with E-state index in [1.165, 1.54) is 12.7 Å². The third-order valence-corrected chi connectivity index (χ3v) is 5.06. The molecule has 0 aliphatic carbocycles. The minimum Gasteiger partial charge on any atom is -0.465 e. The van der Waals surface area contributed by atoms with E-state index in [0.29, 0.717) is 19.5 Å². The predicted molar refractivity (Wildman–Crippen MR) is 98.5 cm³/mol. The van der Waals surface area contributed by atoms with Crippen molar-refractivity contribution in [2.45, 2.75) is 32.5 Å². The van der Waals surface area contributed by atoms with Crippen molar-refractivity contribution >= 4 is 11.9 Å². The van der Waals surface area contributed by atoms with Crippen LogP contribution in [0.5, 0.6) is 0 Å². The molecule has 26 heavy (non-hydrogen) atoms. The fourth-order valence-electron chi connectivity index (χ4n) is 3.51. The van der Waals surface area contributed by atoms with Crippen LogP contribution in [-0.2, 0) is 33.8 Å². The fraction of sp³-hybridized carbons (Fsp3) is 0.333. The molecule has 2 N–H and O–H groups in total. The third kappa shape index (κ3) is 4.11. The summed E-state index contributed by atoms with van der Waals surface area (Å²) in [6.45, 7) is 3.42. The zero-order valence-electron chi connectivity index (χ0n) is 15.2. The molecule has 0 aromatic heterocycles. The first-order valence-corrected chi connectivity index (χ1v) is 8.89. The molecule has 5 nitrogen and oxygen atoms in total. The molecule has 2 atom stereocenters. The summed E-state index contributed by atoms with van der Waals surface area (Å²) in [7, 11) is 1.40. The number of rotatable bonds is 5. The maximum Gasteiger partial charge on any atom is 0.365 e. The van der Waals surface area contributed by atoms with Gasteiger partial charge < -0.3 is 15.0 Å². The van der Waals surface area contributed by atoms with Gasteiger partial charge in [0.1, 0.15) is 6.54 Å². The number of methoxy groups -OCH3 is 1. The largest absolute Gasteiger partial charge is 0.465 e. The molecule has 0 bridgehead atoms. The Balaban J connectivity index is 1.67. The van der Waals surface area contributed by atoms with Crippen molar-refractivity contribution in [2.24, 2.45) is 0 Å². The van der Waals surface area contributed by atoms with Crippen LogP contribution in [-0.4, -0.2) is 31.6 Å². The van der Waals surface area contributed by atoms with Crippen molar-refractivity contribution < 1.29 is 19.2 Å². The lowest BCUT2D eigenvalue weighted by molar-refractivity contribution is -0.924. The molecular formula is C21H25N2O3+. The van der Waals surface area contributed by atoms with Gasteiger partial charge in [-0.25, -0.2) is 4.79 Å². The number of nitrogens with one attached hydrogen (secondary N) is 2. The number of hydrogen-bond donors (Lipinski definition) is 2. The summed E-state index contributed by atoms with van der Waals surface area (Å²) in [5, 5.41) is 2.98. The molecule has 0 radical (unpaired) electrons. The molecule has 1 heterocycles. The zero-order valence-corrected chi connectivity index (χ0v) is 15.2. The van der Waals surface area contributed by atoms with E-state index in [4.69, 9.17) is 4.74 Å². The van der Waals surface area contributed by atoms with Gasteiger partial charge in [-0.1, -0.05) is 48.5 Å². The Labute approximate surface area is 154 Å². The van der Waals surface area contributed by atoms with Gasteiger partial charge in [-0.3, -0.25) is 4.79 Å². The summed E-state index contributed by atoms with van der Waals surface area (Å²) in [6, 6.07) is 15.7. The molecule has 0 spiro atoms. The van der Waals surface area contributed by atoms with E-state index in [9.17, 15) is 9.59 Å². The molecule has 5 heteroatoms. The average Bonchev–Trinajstić information content (AvgIpc) is 2.66. The van der Waals surface area contributed by atoms with Crippen molar-refractivity contribution in [3.8, 4) is 0 Å². The van der Waals surface area contributed by atoms with E-state index in [-0.39, 0.29) is 24.5 Å². The topological polar surface area (TPSA) is 59.8 Å². The van der Waals surface area contributed by atoms with Gasteiger partial charge in [-0.2, -0.15) is 0 Å². The van der Waals surface area contributed by atoms with Crippen LogP contribution in [0.15, 0.2) is 48.5 Å². The minimum absolute atomic E-state index is 0.0588. The molecule has 1 aliphatic rings. The first-order chi connectivity index (χ1) is 12.6. The molecule has 1 unspecified atom stereocenters. The molecule has 3 rings (SSSR count). The summed E-state index contributed by atoms with van der Waals surface area (Å²) in [4.78, 5) is 25.6. The number of benzene rings is 2. The number of carbonyl (C=O) groups is 2. The average molecular weight is 353 g/mol. The molecular weight excluding hydrogens is 328 g/mol. The summed E-state index contributed by atoms with van der Waals surface area (Å²) in [6.07, 6.45) is 0.600. The number of aryl methyl sites for hydroxylation is 1. The fourth-order valence-corrected chi connectivity index (χ4v) is 3.51. The number of ether oxygens (including phenoxy) is 1. The lowest BCUT2D eigenvalue weighted by Crippen LogP contribution is -3.17. The Kier molecular flexibility index (Phi) is 5.68. The Morgan fingerprint density at radius 2 is 1.81 bits per heavy atom. The number of carbonyl (C=O) groups excluding carboxylic acids is 2. The Morgan fingerprint density at radius 3 is 2.54 bits per heavy atom. The lowest BCUT2D eigenvalue weighted by atomic mass is 9.94. The Bertz CT molecular complexity index is 803. The Hall–Kier alpha value is -2.66. The summed E-state index contributed by atoms with van der Waals surface area (Å²) < 4.78 is 4.97. The van der Waals surface area contributed by atoms with Gasteiger partial charge >= 0.3 is 5.97 Å². The van der Waals surface area contributed by atoms with E-state index >= 15 is 0 Å². The molecule has 1 aliphatic heterocycles. The zero-order chi connectivity index (χ0) is 18.5. The van der Waals surface area contributed by atoms with Gasteiger partial charge in [0, 0.05) is 18.5 Å². The highest BCUT2D eigenvalue weighted by molar-refractivity contribution is 5.78. The maximum absolute atomic E-state index is 12.5. The first kappa shape index (κ1) is 18.1. The Morgan fingerprint density at radius 1 is 1.12 bits per heavy atom. The van der Waals surface area contributed by atoms with E-state index in [2.05, 4.69) is 11.4 Å². The van der Waals surface area contributed by atoms with Gasteiger partial charge in [-0.05, 0) is 23.6 Å². The van der Waals surface area contributed by atoms with Crippen LogP contribution < -0.4 is 10.2 Å². The van der Waals surface area contributed by atoms with Crippen molar-refractivity contribution in [2.75, 3.05) is 13.7 Å². The smallest absolute Gasteiger partial charge is 0.365 e. The van der Waals surface area contributed by atoms with Gasteiger partial charge in [-0.15, -0.1) is 0 Å². The van der Waals surface area contributed by atoms with Crippen LogP contribution in [0.1, 0.15) is 22.3 Å². The highest BCUT2D eigenvalue weighted by atomic mass is 16.5. The summed E-state index contributed by atoms with van der Waals surface area (Å²) >= 11 is 0. The highest BCUT2D eigenvalue weighted by Gasteiger charge is 2.36. The van der Waals surface area contributed by atoms with Gasteiger partial charge in [0.25, 0.3) is 5.91 Å². The summed E-state index contributed by atoms with van der Waals surface area (Å²) in [5.74, 6) is -0.322.